The fourth-order valence-corrected chi connectivity index (χ4v) is 2.06. The van der Waals surface area contributed by atoms with E-state index < -0.39 is 0 Å². The molecule has 3 N–H and O–H groups in total. The number of hydrazone groups is 1. The number of benzene rings is 1. The minimum atomic E-state index is -0.0389. The van der Waals surface area contributed by atoms with Crippen molar-refractivity contribution in [2.75, 3.05) is 13.7 Å². The number of nitrogens with one attached hydrogen (secondary N) is 1. The van der Waals surface area contributed by atoms with E-state index >= 15 is 0 Å². The molecule has 1 rings (SSSR count). The van der Waals surface area contributed by atoms with Crippen molar-refractivity contribution in [3.63, 3.8) is 0 Å². The zero-order valence-corrected chi connectivity index (χ0v) is 13.0. The minimum absolute atomic E-state index is 0.0389. The van der Waals surface area contributed by atoms with Crippen LogP contribution >= 0.6 is 34.8 Å². The number of hydrogen-bond acceptors (Lipinski definition) is 5. The quantitative estimate of drug-likeness (QED) is 0.342. The lowest BCUT2D eigenvalue weighted by atomic mass is 10.2. The lowest BCUT2D eigenvalue weighted by Crippen LogP contribution is -2.24. The Hall–Kier alpha value is -1.60. The van der Waals surface area contributed by atoms with Gasteiger partial charge in [-0.15, -0.1) is 0 Å². The topological polar surface area (TPSA) is 92.7 Å². The van der Waals surface area contributed by atoms with E-state index in [9.17, 15) is 0 Å². The maximum atomic E-state index is 8.53. The summed E-state index contributed by atoms with van der Waals surface area (Å²) in [7, 11) is 1.53. The van der Waals surface area contributed by atoms with Gasteiger partial charge in [0.1, 0.15) is 6.07 Å². The number of ether oxygens (including phenoxy) is 2. The van der Waals surface area contributed by atoms with Crippen molar-refractivity contribution < 1.29 is 9.47 Å². The molecule has 6 nitrogen and oxygen atoms in total. The van der Waals surface area contributed by atoms with E-state index in [-0.39, 0.29) is 11.7 Å². The second-order valence-corrected chi connectivity index (χ2v) is 4.82. The summed E-state index contributed by atoms with van der Waals surface area (Å²) in [5, 5.41) is 12.5. The van der Waals surface area contributed by atoms with Crippen molar-refractivity contribution in [1.29, 1.82) is 5.26 Å². The van der Waals surface area contributed by atoms with Gasteiger partial charge < -0.3 is 15.2 Å². The predicted molar refractivity (Wildman–Crippen MR) is 84.3 cm³/mol. The second kappa shape index (κ2) is 7.75. The van der Waals surface area contributed by atoms with Crippen LogP contribution in [0.1, 0.15) is 5.56 Å². The number of rotatable bonds is 5. The molecule has 0 aliphatic rings. The summed E-state index contributed by atoms with van der Waals surface area (Å²) in [5.41, 5.74) is 8.50. The fourth-order valence-electron chi connectivity index (χ4n) is 1.23. The molecule has 0 spiro atoms. The van der Waals surface area contributed by atoms with Gasteiger partial charge >= 0.3 is 0 Å². The highest BCUT2D eigenvalue weighted by molar-refractivity contribution is 14.1. The summed E-state index contributed by atoms with van der Waals surface area (Å²) in [6.45, 7) is -0.0389. The van der Waals surface area contributed by atoms with E-state index in [0.717, 1.165) is 9.13 Å². The first kappa shape index (κ1) is 15.5. The van der Waals surface area contributed by atoms with E-state index in [1.54, 1.807) is 12.3 Å². The van der Waals surface area contributed by atoms with E-state index in [1.807, 2.05) is 12.1 Å². The Morgan fingerprint density at radius 1 is 1.68 bits per heavy atom. The number of nitrogens with zero attached hydrogens (tertiary/aromatic N) is 2. The Kier molecular flexibility index (Phi) is 6.31. The van der Waals surface area contributed by atoms with Gasteiger partial charge in [0, 0.05) is 0 Å². The molecule has 0 aliphatic carbocycles. The smallest absolute Gasteiger partial charge is 0.184 e. The Morgan fingerprint density at radius 3 is 3.00 bits per heavy atom. The van der Waals surface area contributed by atoms with Crippen LogP contribution in [0.4, 0.5) is 0 Å². The van der Waals surface area contributed by atoms with Crippen LogP contribution in [0.15, 0.2) is 17.2 Å². The SMILES string of the molecule is COc1cc(/C=N/NC(N)=S)cc(I)c1OCC#N. The number of nitriles is 1. The van der Waals surface area contributed by atoms with Gasteiger partial charge in [-0.25, -0.2) is 0 Å². The molecule has 0 fully saturated rings. The molecule has 8 heteroatoms. The maximum Gasteiger partial charge on any atom is 0.184 e. The standard InChI is InChI=1S/C11H11IN4O2S/c1-17-9-5-7(6-15-16-11(14)19)4-8(12)10(9)18-3-2-13/h4-6H,3H2,1H3,(H3,14,16,19)/b15-6+. The average Bonchev–Trinajstić information content (AvgIpc) is 2.36. The number of hydrogen-bond donors (Lipinski definition) is 2. The van der Waals surface area contributed by atoms with E-state index in [4.69, 9.17) is 20.5 Å². The highest BCUT2D eigenvalue weighted by Gasteiger charge is 2.10. The highest BCUT2D eigenvalue weighted by atomic mass is 127. The lowest BCUT2D eigenvalue weighted by Gasteiger charge is -2.11. The minimum Gasteiger partial charge on any atom is -0.493 e. The van der Waals surface area contributed by atoms with Gasteiger partial charge in [-0.1, -0.05) is 0 Å². The highest BCUT2D eigenvalue weighted by Crippen LogP contribution is 2.33. The van der Waals surface area contributed by atoms with Gasteiger partial charge in [0.05, 0.1) is 16.9 Å². The van der Waals surface area contributed by atoms with Gasteiger partial charge in [0.25, 0.3) is 0 Å². The molecule has 0 atom stereocenters. The molecule has 1 aromatic carbocycles. The number of thiocarbonyl (C=S) groups is 1. The zero-order chi connectivity index (χ0) is 14.3. The predicted octanol–water partition coefficient (Wildman–Crippen LogP) is 1.37. The first-order valence-corrected chi connectivity index (χ1v) is 6.53. The van der Waals surface area contributed by atoms with Crippen molar-refractivity contribution in [1.82, 2.24) is 5.43 Å². The maximum absolute atomic E-state index is 8.53. The average molecular weight is 390 g/mol. The van der Waals surface area contributed by atoms with Crippen molar-refractivity contribution in [3.8, 4) is 17.6 Å². The molecule has 1 aromatic rings. The van der Waals surface area contributed by atoms with Crippen molar-refractivity contribution in [3.05, 3.63) is 21.3 Å². The first-order chi connectivity index (χ1) is 9.08. The molecular weight excluding hydrogens is 379 g/mol. The normalized spacial score (nSPS) is 9.95. The van der Waals surface area contributed by atoms with Gasteiger partial charge in [0.2, 0.25) is 0 Å². The van der Waals surface area contributed by atoms with Crippen LogP contribution in [-0.4, -0.2) is 25.0 Å². The van der Waals surface area contributed by atoms with Crippen LogP contribution in [0.25, 0.3) is 0 Å². The molecule has 0 saturated heterocycles. The van der Waals surface area contributed by atoms with Crippen LogP contribution in [0.2, 0.25) is 0 Å². The molecule has 0 bridgehead atoms. The van der Waals surface area contributed by atoms with Crippen LogP contribution in [0.3, 0.4) is 0 Å². The lowest BCUT2D eigenvalue weighted by molar-refractivity contribution is 0.327. The third-order valence-corrected chi connectivity index (χ3v) is 2.81. The van der Waals surface area contributed by atoms with E-state index in [0.29, 0.717) is 11.5 Å². The van der Waals surface area contributed by atoms with Crippen LogP contribution in [0.5, 0.6) is 11.5 Å². The molecular formula is C11H11IN4O2S. The molecule has 100 valence electrons. The third kappa shape index (κ3) is 4.88. The molecule has 19 heavy (non-hydrogen) atoms. The summed E-state index contributed by atoms with van der Waals surface area (Å²) < 4.78 is 11.3. The Balaban J connectivity index is 2.99. The molecule has 0 heterocycles. The zero-order valence-electron chi connectivity index (χ0n) is 10.0. The second-order valence-electron chi connectivity index (χ2n) is 3.22. The molecule has 0 amide bonds. The monoisotopic (exact) mass is 390 g/mol. The molecule has 0 saturated carbocycles. The molecule has 0 unspecified atom stereocenters. The van der Waals surface area contributed by atoms with Gasteiger partial charge in [-0.3, -0.25) is 5.43 Å². The van der Waals surface area contributed by atoms with E-state index in [1.165, 1.54) is 7.11 Å². The third-order valence-electron chi connectivity index (χ3n) is 1.92. The van der Waals surface area contributed by atoms with Gasteiger partial charge in [0.15, 0.2) is 23.2 Å². The summed E-state index contributed by atoms with van der Waals surface area (Å²) in [4.78, 5) is 0. The number of methoxy groups -OCH3 is 1. The van der Waals surface area contributed by atoms with Gasteiger partial charge in [-0.05, 0) is 52.5 Å². The van der Waals surface area contributed by atoms with Crippen LogP contribution in [0, 0.1) is 14.9 Å². The summed E-state index contributed by atoms with van der Waals surface area (Å²) >= 11 is 6.72. The van der Waals surface area contributed by atoms with Gasteiger partial charge in [-0.2, -0.15) is 10.4 Å². The van der Waals surface area contributed by atoms with Crippen molar-refractivity contribution >= 4 is 46.1 Å². The fraction of sp³-hybridized carbons (Fsp3) is 0.182. The largest absolute Gasteiger partial charge is 0.493 e. The Labute approximate surface area is 129 Å². The van der Waals surface area contributed by atoms with Crippen LogP contribution < -0.4 is 20.6 Å². The summed E-state index contributed by atoms with van der Waals surface area (Å²) in [6.07, 6.45) is 1.55. The van der Waals surface area contributed by atoms with E-state index in [2.05, 4.69) is 45.3 Å². The number of nitrogens with two attached hydrogens (primary N) is 1. The summed E-state index contributed by atoms with van der Waals surface area (Å²) in [6, 6.07) is 5.48. The molecule has 0 radical (unpaired) electrons. The van der Waals surface area contributed by atoms with Crippen molar-refractivity contribution in [2.24, 2.45) is 10.8 Å². The number of halogens is 1. The molecule has 0 aromatic heterocycles. The summed E-state index contributed by atoms with van der Waals surface area (Å²) in [5.74, 6) is 1.06. The molecule has 0 aliphatic heterocycles. The Bertz CT molecular complexity index is 542. The Morgan fingerprint density at radius 2 is 2.42 bits per heavy atom. The first-order valence-electron chi connectivity index (χ1n) is 5.04. The van der Waals surface area contributed by atoms with Crippen molar-refractivity contribution in [2.45, 2.75) is 0 Å². The van der Waals surface area contributed by atoms with Crippen LogP contribution in [-0.2, 0) is 0 Å².